The fourth-order valence-electron chi connectivity index (χ4n) is 3.30. The summed E-state index contributed by atoms with van der Waals surface area (Å²) in [5.41, 5.74) is 7.64. The van der Waals surface area contributed by atoms with Crippen molar-refractivity contribution in [1.29, 1.82) is 0 Å². The number of anilines is 1. The van der Waals surface area contributed by atoms with E-state index in [9.17, 15) is 0 Å². The molecule has 0 amide bonds. The molecule has 0 saturated carbocycles. The number of hydrogen-bond donors (Lipinski definition) is 1. The Morgan fingerprint density at radius 1 is 1.21 bits per heavy atom. The van der Waals surface area contributed by atoms with Crippen molar-refractivity contribution in [2.45, 2.75) is 31.7 Å². The third kappa shape index (κ3) is 3.10. The first-order chi connectivity index (χ1) is 9.22. The minimum absolute atomic E-state index is 0.126. The second kappa shape index (κ2) is 6.40. The van der Waals surface area contributed by atoms with Crippen LogP contribution in [-0.2, 0) is 0 Å². The van der Waals surface area contributed by atoms with Crippen LogP contribution in [0.4, 0.5) is 5.69 Å². The molecule has 106 valence electrons. The molecule has 1 unspecified atom stereocenters. The number of hydrogen-bond acceptors (Lipinski definition) is 3. The standard InChI is InChI=1S/C16H27N3/c1-3-19(15-8-5-4-6-9-15)16(14-17)10-7-12-18(2)13-11-16/h4-6,8-9H,3,7,10-14,17H2,1-2H3. The van der Waals surface area contributed by atoms with Crippen LogP contribution in [0.1, 0.15) is 26.2 Å². The molecule has 1 heterocycles. The number of nitrogens with zero attached hydrogens (tertiary/aromatic N) is 2. The lowest BCUT2D eigenvalue weighted by molar-refractivity contribution is 0.319. The van der Waals surface area contributed by atoms with Crippen molar-refractivity contribution >= 4 is 5.69 Å². The molecule has 0 aliphatic carbocycles. The zero-order valence-electron chi connectivity index (χ0n) is 12.3. The summed E-state index contributed by atoms with van der Waals surface area (Å²) < 4.78 is 0. The Hall–Kier alpha value is -1.06. The summed E-state index contributed by atoms with van der Waals surface area (Å²) in [7, 11) is 2.21. The highest BCUT2D eigenvalue weighted by molar-refractivity contribution is 5.49. The lowest BCUT2D eigenvalue weighted by Crippen LogP contribution is -2.54. The van der Waals surface area contributed by atoms with Crippen LogP contribution in [0.5, 0.6) is 0 Å². The van der Waals surface area contributed by atoms with E-state index in [-0.39, 0.29) is 5.54 Å². The van der Waals surface area contributed by atoms with E-state index in [2.05, 4.69) is 54.1 Å². The number of benzene rings is 1. The van der Waals surface area contributed by atoms with Crippen molar-refractivity contribution in [3.05, 3.63) is 30.3 Å². The Labute approximate surface area is 117 Å². The number of rotatable bonds is 4. The first-order valence-electron chi connectivity index (χ1n) is 7.43. The summed E-state index contributed by atoms with van der Waals surface area (Å²) in [5.74, 6) is 0. The summed E-state index contributed by atoms with van der Waals surface area (Å²) in [5, 5.41) is 0. The third-order valence-electron chi connectivity index (χ3n) is 4.48. The van der Waals surface area contributed by atoms with E-state index >= 15 is 0 Å². The van der Waals surface area contributed by atoms with Gasteiger partial charge in [-0.1, -0.05) is 18.2 Å². The molecule has 1 aromatic carbocycles. The average molecular weight is 261 g/mol. The van der Waals surface area contributed by atoms with E-state index in [4.69, 9.17) is 5.73 Å². The van der Waals surface area contributed by atoms with Gasteiger partial charge < -0.3 is 15.5 Å². The van der Waals surface area contributed by atoms with Crippen molar-refractivity contribution in [3.63, 3.8) is 0 Å². The third-order valence-corrected chi connectivity index (χ3v) is 4.48. The van der Waals surface area contributed by atoms with Crippen molar-refractivity contribution in [2.24, 2.45) is 5.73 Å². The fraction of sp³-hybridized carbons (Fsp3) is 0.625. The molecule has 2 N–H and O–H groups in total. The minimum atomic E-state index is 0.126. The van der Waals surface area contributed by atoms with E-state index in [0.29, 0.717) is 0 Å². The summed E-state index contributed by atoms with van der Waals surface area (Å²) in [6, 6.07) is 10.7. The second-order valence-electron chi connectivity index (χ2n) is 5.67. The Morgan fingerprint density at radius 2 is 1.95 bits per heavy atom. The molecule has 1 aliphatic heterocycles. The predicted molar refractivity (Wildman–Crippen MR) is 82.6 cm³/mol. The first-order valence-corrected chi connectivity index (χ1v) is 7.43. The van der Waals surface area contributed by atoms with Crippen LogP contribution in [0.2, 0.25) is 0 Å². The lowest BCUT2D eigenvalue weighted by atomic mass is 9.87. The molecule has 2 rings (SSSR count). The van der Waals surface area contributed by atoms with Gasteiger partial charge in [0.05, 0.1) is 5.54 Å². The van der Waals surface area contributed by atoms with Gasteiger partial charge in [0.2, 0.25) is 0 Å². The number of para-hydroxylation sites is 1. The van der Waals surface area contributed by atoms with Gasteiger partial charge >= 0.3 is 0 Å². The van der Waals surface area contributed by atoms with Crippen LogP contribution in [0.15, 0.2) is 30.3 Å². The Morgan fingerprint density at radius 3 is 2.58 bits per heavy atom. The predicted octanol–water partition coefficient (Wildman–Crippen LogP) is 2.33. The van der Waals surface area contributed by atoms with Gasteiger partial charge in [0, 0.05) is 25.3 Å². The van der Waals surface area contributed by atoms with Crippen LogP contribution >= 0.6 is 0 Å². The van der Waals surface area contributed by atoms with Gasteiger partial charge in [0.25, 0.3) is 0 Å². The van der Waals surface area contributed by atoms with Gasteiger partial charge in [-0.25, -0.2) is 0 Å². The Kier molecular flexibility index (Phi) is 4.83. The fourth-order valence-corrected chi connectivity index (χ4v) is 3.30. The number of likely N-dealkylation sites (tertiary alicyclic amines) is 1. The van der Waals surface area contributed by atoms with E-state index in [1.165, 1.54) is 25.1 Å². The molecule has 0 bridgehead atoms. The summed E-state index contributed by atoms with van der Waals surface area (Å²) in [6.07, 6.45) is 3.58. The van der Waals surface area contributed by atoms with Crippen LogP contribution in [0.25, 0.3) is 0 Å². The molecule has 1 aromatic rings. The van der Waals surface area contributed by atoms with Crippen molar-refractivity contribution in [3.8, 4) is 0 Å². The largest absolute Gasteiger partial charge is 0.365 e. The van der Waals surface area contributed by atoms with Gasteiger partial charge in [-0.2, -0.15) is 0 Å². The molecule has 3 nitrogen and oxygen atoms in total. The van der Waals surface area contributed by atoms with Gasteiger partial charge in [-0.3, -0.25) is 0 Å². The maximum absolute atomic E-state index is 6.21. The molecule has 3 heteroatoms. The van der Waals surface area contributed by atoms with Crippen LogP contribution in [0.3, 0.4) is 0 Å². The molecule has 0 aromatic heterocycles. The van der Waals surface area contributed by atoms with Gasteiger partial charge in [0.1, 0.15) is 0 Å². The van der Waals surface area contributed by atoms with Gasteiger partial charge in [-0.15, -0.1) is 0 Å². The lowest BCUT2D eigenvalue weighted by Gasteiger charge is -2.44. The van der Waals surface area contributed by atoms with Crippen LogP contribution < -0.4 is 10.6 Å². The zero-order valence-corrected chi connectivity index (χ0v) is 12.3. The van der Waals surface area contributed by atoms with E-state index in [0.717, 1.165) is 26.1 Å². The highest BCUT2D eigenvalue weighted by atomic mass is 15.2. The van der Waals surface area contributed by atoms with Crippen molar-refractivity contribution in [2.75, 3.05) is 38.1 Å². The van der Waals surface area contributed by atoms with E-state index in [1.807, 2.05) is 0 Å². The van der Waals surface area contributed by atoms with Crippen LogP contribution in [0, 0.1) is 0 Å². The summed E-state index contributed by atoms with van der Waals surface area (Å²) in [6.45, 7) is 6.32. The minimum Gasteiger partial charge on any atom is -0.365 e. The molecule has 0 radical (unpaired) electrons. The highest BCUT2D eigenvalue weighted by Crippen LogP contribution is 2.32. The summed E-state index contributed by atoms with van der Waals surface area (Å²) >= 11 is 0. The summed E-state index contributed by atoms with van der Waals surface area (Å²) in [4.78, 5) is 4.95. The molecular weight excluding hydrogens is 234 g/mol. The molecular formula is C16H27N3. The van der Waals surface area contributed by atoms with Crippen molar-refractivity contribution in [1.82, 2.24) is 4.90 Å². The monoisotopic (exact) mass is 261 g/mol. The molecule has 1 saturated heterocycles. The normalized spacial score (nSPS) is 25.0. The molecule has 0 spiro atoms. The first kappa shape index (κ1) is 14.4. The SMILES string of the molecule is CCN(c1ccccc1)C1(CN)CCCN(C)CC1. The van der Waals surface area contributed by atoms with E-state index < -0.39 is 0 Å². The maximum Gasteiger partial charge on any atom is 0.0536 e. The Bertz CT molecular complexity index is 379. The van der Waals surface area contributed by atoms with Crippen molar-refractivity contribution < 1.29 is 0 Å². The highest BCUT2D eigenvalue weighted by Gasteiger charge is 2.36. The average Bonchev–Trinajstić information content (AvgIpc) is 2.64. The number of likely N-dealkylation sites (N-methyl/N-ethyl adjacent to an activating group) is 1. The maximum atomic E-state index is 6.21. The molecule has 1 fully saturated rings. The second-order valence-corrected chi connectivity index (χ2v) is 5.67. The molecule has 1 aliphatic rings. The molecule has 1 atom stereocenters. The topological polar surface area (TPSA) is 32.5 Å². The smallest absolute Gasteiger partial charge is 0.0536 e. The van der Waals surface area contributed by atoms with E-state index in [1.54, 1.807) is 0 Å². The van der Waals surface area contributed by atoms with Gasteiger partial charge in [0.15, 0.2) is 0 Å². The zero-order chi connectivity index (χ0) is 13.7. The quantitative estimate of drug-likeness (QED) is 0.903. The van der Waals surface area contributed by atoms with Crippen LogP contribution in [-0.4, -0.2) is 43.7 Å². The Balaban J connectivity index is 2.27. The number of nitrogens with two attached hydrogens (primary N) is 1. The molecule has 19 heavy (non-hydrogen) atoms. The van der Waals surface area contributed by atoms with Gasteiger partial charge in [-0.05, 0) is 51.9 Å².